The Kier molecular flexibility index (Phi) is 7.29. The van der Waals surface area contributed by atoms with Gasteiger partial charge in [0.25, 0.3) is 0 Å². The number of amides is 1. The first kappa shape index (κ1) is 26.3. The zero-order valence-corrected chi connectivity index (χ0v) is 21.8. The van der Waals surface area contributed by atoms with Crippen LogP contribution < -0.4 is 4.31 Å². The lowest BCUT2D eigenvalue weighted by Gasteiger charge is -2.32. The van der Waals surface area contributed by atoms with E-state index in [2.05, 4.69) is 5.10 Å². The van der Waals surface area contributed by atoms with Crippen molar-refractivity contribution in [2.45, 2.75) is 45.3 Å². The maximum Gasteiger partial charge on any atom is 0.428 e. The molecule has 0 saturated heterocycles. The van der Waals surface area contributed by atoms with E-state index in [4.69, 9.17) is 16.3 Å². The highest BCUT2D eigenvalue weighted by Crippen LogP contribution is 2.38. The summed E-state index contributed by atoms with van der Waals surface area (Å²) < 4.78 is 33.1. The van der Waals surface area contributed by atoms with Crippen molar-refractivity contribution >= 4 is 44.3 Å². The quantitative estimate of drug-likeness (QED) is 0.395. The molecule has 0 aliphatic heterocycles. The van der Waals surface area contributed by atoms with Crippen LogP contribution in [0.1, 0.15) is 39.7 Å². The molecule has 0 aliphatic rings. The second-order valence-electron chi connectivity index (χ2n) is 9.02. The van der Waals surface area contributed by atoms with E-state index in [0.717, 1.165) is 11.8 Å². The average Bonchev–Trinajstić information content (AvgIpc) is 3.19. The zero-order valence-electron chi connectivity index (χ0n) is 20.2. The topological polar surface area (TPSA) is 105 Å². The third-order valence-electron chi connectivity index (χ3n) is 5.40. The molecule has 1 heterocycles. The van der Waals surface area contributed by atoms with Gasteiger partial charge in [0.1, 0.15) is 11.1 Å². The molecule has 0 aliphatic carbocycles. The van der Waals surface area contributed by atoms with Gasteiger partial charge in [-0.2, -0.15) is 14.7 Å². The van der Waals surface area contributed by atoms with Gasteiger partial charge in [-0.1, -0.05) is 36.7 Å². The predicted octanol–water partition coefficient (Wildman–Crippen LogP) is 5.62. The van der Waals surface area contributed by atoms with Gasteiger partial charge in [-0.05, 0) is 63.1 Å². The Morgan fingerprint density at radius 3 is 2.43 bits per heavy atom. The van der Waals surface area contributed by atoms with Crippen LogP contribution in [0.5, 0.6) is 0 Å². The molecule has 0 bridgehead atoms. The minimum atomic E-state index is -4.03. The first-order valence-corrected chi connectivity index (χ1v) is 13.1. The molecule has 1 unspecified atom stereocenters. The monoisotopic (exact) mass is 514 g/mol. The summed E-state index contributed by atoms with van der Waals surface area (Å²) >= 11 is 6.10. The van der Waals surface area contributed by atoms with Gasteiger partial charge in [-0.15, -0.1) is 0 Å². The fourth-order valence-corrected chi connectivity index (χ4v) is 4.87. The summed E-state index contributed by atoms with van der Waals surface area (Å²) in [5.41, 5.74) is -0.248. The lowest BCUT2D eigenvalue weighted by Crippen LogP contribution is -2.40. The number of aromatic nitrogens is 2. The summed E-state index contributed by atoms with van der Waals surface area (Å²) in [7, 11) is -4.03. The fraction of sp³-hybridized carbons (Fsp3) is 0.320. The highest BCUT2D eigenvalue weighted by atomic mass is 35.5. The van der Waals surface area contributed by atoms with E-state index < -0.39 is 27.3 Å². The van der Waals surface area contributed by atoms with Crippen molar-refractivity contribution in [2.24, 2.45) is 0 Å². The Morgan fingerprint density at radius 2 is 1.89 bits per heavy atom. The highest BCUT2D eigenvalue weighted by Gasteiger charge is 2.35. The van der Waals surface area contributed by atoms with Gasteiger partial charge in [0.2, 0.25) is 10.0 Å². The number of nitriles is 1. The number of nitrogens with zero attached hydrogens (tertiary/aromatic N) is 4. The Morgan fingerprint density at radius 1 is 1.23 bits per heavy atom. The molecule has 0 fully saturated rings. The Hall–Kier alpha value is -3.35. The van der Waals surface area contributed by atoms with E-state index in [1.54, 1.807) is 55.8 Å². The van der Waals surface area contributed by atoms with Gasteiger partial charge in [-0.3, -0.25) is 4.68 Å². The average molecular weight is 515 g/mol. The molecule has 8 nitrogen and oxygen atoms in total. The van der Waals surface area contributed by atoms with E-state index in [9.17, 15) is 18.5 Å². The molecule has 0 radical (unpaired) electrons. The number of benzene rings is 2. The number of rotatable bonds is 6. The Labute approximate surface area is 210 Å². The van der Waals surface area contributed by atoms with Gasteiger partial charge in [0.15, 0.2) is 0 Å². The van der Waals surface area contributed by atoms with Crippen molar-refractivity contribution < 1.29 is 17.9 Å². The molecule has 1 atom stereocenters. The molecule has 0 N–H and O–H groups in total. The second-order valence-corrected chi connectivity index (χ2v) is 11.3. The molecule has 1 amide bonds. The predicted molar refractivity (Wildman–Crippen MR) is 137 cm³/mol. The van der Waals surface area contributed by atoms with Crippen LogP contribution in [0.2, 0.25) is 5.02 Å². The third kappa shape index (κ3) is 5.34. The number of hydrogen-bond donors (Lipinski definition) is 0. The molecule has 0 saturated carbocycles. The van der Waals surface area contributed by atoms with Crippen LogP contribution in [0.3, 0.4) is 0 Å². The van der Waals surface area contributed by atoms with Crippen molar-refractivity contribution in [1.82, 2.24) is 9.78 Å². The maximum atomic E-state index is 12.9. The summed E-state index contributed by atoms with van der Waals surface area (Å²) in [5, 5.41) is 14.9. The van der Waals surface area contributed by atoms with E-state index in [1.165, 1.54) is 18.3 Å². The fourth-order valence-electron chi connectivity index (χ4n) is 3.92. The van der Waals surface area contributed by atoms with Crippen LogP contribution in [0.4, 0.5) is 10.5 Å². The summed E-state index contributed by atoms with van der Waals surface area (Å²) in [4.78, 5) is 12.9. The summed E-state index contributed by atoms with van der Waals surface area (Å²) in [6.45, 7) is 6.94. The van der Waals surface area contributed by atoms with Gasteiger partial charge >= 0.3 is 6.09 Å². The molecule has 3 rings (SSSR count). The molecule has 1 aromatic heterocycles. The van der Waals surface area contributed by atoms with Crippen molar-refractivity contribution in [3.05, 3.63) is 71.4 Å². The smallest absolute Gasteiger partial charge is 0.428 e. The normalized spacial score (nSPS) is 14.0. The van der Waals surface area contributed by atoms with Crippen LogP contribution >= 0.6 is 11.6 Å². The number of ether oxygens (including phenoxy) is 1. The van der Waals surface area contributed by atoms with Gasteiger partial charge in [0.05, 0.1) is 29.7 Å². The molecule has 3 aromatic rings. The van der Waals surface area contributed by atoms with Crippen molar-refractivity contribution in [3.63, 3.8) is 0 Å². The number of anilines is 1. The van der Waals surface area contributed by atoms with Crippen LogP contribution in [0.25, 0.3) is 10.9 Å². The maximum absolute atomic E-state index is 12.9. The van der Waals surface area contributed by atoms with Crippen LogP contribution in [-0.2, 0) is 20.3 Å². The number of halogens is 1. The zero-order chi connectivity index (χ0) is 26.0. The molecule has 0 spiro atoms. The van der Waals surface area contributed by atoms with E-state index >= 15 is 0 Å². The second kappa shape index (κ2) is 9.72. The van der Waals surface area contributed by atoms with Crippen molar-refractivity contribution in [1.29, 1.82) is 5.26 Å². The summed E-state index contributed by atoms with van der Waals surface area (Å²) in [6, 6.07) is 14.2. The Bertz CT molecular complexity index is 1420. The number of carbonyl (C=O) groups is 1. The highest BCUT2D eigenvalue weighted by molar-refractivity contribution is 7.92. The van der Waals surface area contributed by atoms with Crippen LogP contribution in [-0.4, -0.2) is 36.1 Å². The summed E-state index contributed by atoms with van der Waals surface area (Å²) in [5.74, 6) is 0. The third-order valence-corrected chi connectivity index (χ3v) is 6.66. The first-order chi connectivity index (χ1) is 16.3. The SMILES string of the molecule is CCC(C=CC#N)(c1ccc(Cl)cc1)n1ncc2c(N(C(=O)OC(C)(C)C)S(C)(=O)=O)cccc21. The van der Waals surface area contributed by atoms with E-state index in [0.29, 0.717) is 26.7 Å². The number of carbonyl (C=O) groups excluding carboxylic acids is 1. The van der Waals surface area contributed by atoms with Crippen LogP contribution in [0, 0.1) is 11.3 Å². The van der Waals surface area contributed by atoms with Crippen molar-refractivity contribution in [3.8, 4) is 6.07 Å². The Balaban J connectivity index is 2.30. The number of sulfonamides is 1. The van der Waals surface area contributed by atoms with E-state index in [-0.39, 0.29) is 5.69 Å². The van der Waals surface area contributed by atoms with E-state index in [1.807, 2.05) is 25.1 Å². The molecule has 35 heavy (non-hydrogen) atoms. The molecule has 10 heteroatoms. The number of hydrogen-bond acceptors (Lipinski definition) is 6. The van der Waals surface area contributed by atoms with Gasteiger partial charge in [0, 0.05) is 16.5 Å². The minimum Gasteiger partial charge on any atom is -0.443 e. The largest absolute Gasteiger partial charge is 0.443 e. The first-order valence-electron chi connectivity index (χ1n) is 10.9. The number of fused-ring (bicyclic) bond motifs is 1. The number of allylic oxidation sites excluding steroid dienone is 2. The molecular formula is C25H27ClN4O4S. The molecule has 2 aromatic carbocycles. The standard InChI is InChI=1S/C25H27ClN4O4S/c1-6-25(15-8-16-27,18-11-13-19(26)14-12-18)30-22-10-7-9-21(20(22)17-28-30)29(35(5,32)33)23(31)34-24(2,3)4/h7-15,17H,6H2,1-5H3. The molecule has 184 valence electrons. The van der Waals surface area contributed by atoms with Gasteiger partial charge in [-0.25, -0.2) is 13.2 Å². The van der Waals surface area contributed by atoms with Gasteiger partial charge < -0.3 is 4.74 Å². The molecular weight excluding hydrogens is 488 g/mol. The lowest BCUT2D eigenvalue weighted by molar-refractivity contribution is 0.0609. The minimum absolute atomic E-state index is 0.121. The lowest BCUT2D eigenvalue weighted by atomic mass is 9.86. The van der Waals surface area contributed by atoms with Crippen molar-refractivity contribution in [2.75, 3.05) is 10.6 Å². The van der Waals surface area contributed by atoms with Crippen LogP contribution in [0.15, 0.2) is 60.8 Å². The summed E-state index contributed by atoms with van der Waals surface area (Å²) in [6.07, 6.45) is 5.10.